The lowest BCUT2D eigenvalue weighted by atomic mass is 9.82. The fourth-order valence-electron chi connectivity index (χ4n) is 7.09. The number of hydrogen-bond donors (Lipinski definition) is 2. The summed E-state index contributed by atoms with van der Waals surface area (Å²) in [7, 11) is 3.01. The molecular formula is C38H38Cl2FN3O7. The minimum absolute atomic E-state index is 0.0595. The van der Waals surface area contributed by atoms with E-state index in [0.717, 1.165) is 30.7 Å². The number of hydrogen-bond acceptors (Lipinski definition) is 9. The Balaban J connectivity index is 1.35. The van der Waals surface area contributed by atoms with E-state index in [9.17, 15) is 24.3 Å². The normalized spacial score (nSPS) is 19.3. The van der Waals surface area contributed by atoms with Crippen LogP contribution in [0.3, 0.4) is 0 Å². The third kappa shape index (κ3) is 8.23. The Kier molecular flexibility index (Phi) is 11.3. The Hall–Kier alpha value is -4.42. The summed E-state index contributed by atoms with van der Waals surface area (Å²) in [5.41, 5.74) is 2.66. The summed E-state index contributed by atoms with van der Waals surface area (Å²) < 4.78 is 31.7. The second kappa shape index (κ2) is 15.9. The number of methoxy groups -OCH3 is 2. The first-order chi connectivity index (χ1) is 24.5. The van der Waals surface area contributed by atoms with Gasteiger partial charge in [0.25, 0.3) is 0 Å². The number of halogens is 3. The Labute approximate surface area is 305 Å². The summed E-state index contributed by atoms with van der Waals surface area (Å²) in [6.45, 7) is 2.81. The van der Waals surface area contributed by atoms with Gasteiger partial charge in [0.15, 0.2) is 11.5 Å². The monoisotopic (exact) mass is 737 g/mol. The summed E-state index contributed by atoms with van der Waals surface area (Å²) >= 11 is 13.1. The van der Waals surface area contributed by atoms with Gasteiger partial charge in [0.1, 0.15) is 28.0 Å². The molecule has 51 heavy (non-hydrogen) atoms. The van der Waals surface area contributed by atoms with Crippen LogP contribution in [-0.2, 0) is 22.5 Å². The van der Waals surface area contributed by atoms with Crippen LogP contribution in [-0.4, -0.2) is 62.0 Å². The molecule has 3 aliphatic heterocycles. The number of fused-ring (bicyclic) bond motifs is 3. The van der Waals surface area contributed by atoms with Crippen LogP contribution in [0.2, 0.25) is 10.0 Å². The van der Waals surface area contributed by atoms with E-state index in [-0.39, 0.29) is 34.7 Å². The first-order valence-electron chi connectivity index (χ1n) is 16.6. The van der Waals surface area contributed by atoms with Crippen LogP contribution >= 0.6 is 23.2 Å². The molecule has 10 nitrogen and oxygen atoms in total. The van der Waals surface area contributed by atoms with E-state index in [1.165, 1.54) is 44.8 Å². The molecule has 3 atom stereocenters. The van der Waals surface area contributed by atoms with Gasteiger partial charge in [-0.05, 0) is 84.8 Å². The Morgan fingerprint density at radius 3 is 2.25 bits per heavy atom. The number of carbonyl (C=O) groups excluding carboxylic acids is 2. The number of nitrogens with one attached hydrogen (secondary N) is 1. The number of carboxylic acid groups (broad SMARTS) is 1. The molecule has 268 valence electrons. The van der Waals surface area contributed by atoms with Gasteiger partial charge in [0, 0.05) is 34.9 Å². The molecule has 13 heteroatoms. The Morgan fingerprint density at radius 2 is 1.65 bits per heavy atom. The van der Waals surface area contributed by atoms with Crippen LogP contribution in [0.4, 0.5) is 4.39 Å². The molecule has 4 heterocycles. The zero-order chi connectivity index (χ0) is 36.2. The predicted molar refractivity (Wildman–Crippen MR) is 185 cm³/mol. The van der Waals surface area contributed by atoms with Crippen molar-refractivity contribution in [1.29, 1.82) is 0 Å². The van der Waals surface area contributed by atoms with Crippen LogP contribution in [0.15, 0.2) is 73.1 Å². The lowest BCUT2D eigenvalue weighted by molar-refractivity contribution is -0.904. The van der Waals surface area contributed by atoms with Crippen molar-refractivity contribution in [1.82, 2.24) is 10.2 Å². The molecule has 3 saturated heterocycles. The minimum atomic E-state index is -1.39. The number of pyridine rings is 1. The average molecular weight is 739 g/mol. The average Bonchev–Trinajstić information content (AvgIpc) is 3.12. The summed E-state index contributed by atoms with van der Waals surface area (Å²) in [6, 6.07) is 14.9. The van der Waals surface area contributed by atoms with Gasteiger partial charge in [-0.3, -0.25) is 15.4 Å². The summed E-state index contributed by atoms with van der Waals surface area (Å²) in [6.07, 6.45) is 4.44. The van der Waals surface area contributed by atoms with E-state index in [2.05, 4.69) is 10.2 Å². The molecule has 0 aliphatic carbocycles. The number of aromatic carboxylic acids is 1. The van der Waals surface area contributed by atoms with Gasteiger partial charge in [0.05, 0.1) is 20.2 Å². The van der Waals surface area contributed by atoms with Crippen molar-refractivity contribution in [2.75, 3.05) is 33.9 Å². The highest BCUT2D eigenvalue weighted by Crippen LogP contribution is 2.39. The number of carbonyl (C=O) groups is 2. The highest BCUT2D eigenvalue weighted by molar-refractivity contribution is 6.35. The Bertz CT molecular complexity index is 1880. The van der Waals surface area contributed by atoms with Crippen molar-refractivity contribution in [3.8, 4) is 11.5 Å². The molecule has 7 rings (SSSR count). The number of aromatic nitrogens is 1. The second-order valence-corrected chi connectivity index (χ2v) is 13.7. The SMILES string of the molecule is COc1ccc([C@H](Cc2c(Cl)c[n+](O)cc2Cl)c2cc(CNC(C(=O)O[C@H]3CN4CCC3CC4)c3ccc(F)cc3)ccc2C(=O)[O-])cc1OC. The molecule has 0 radical (unpaired) electrons. The first-order valence-corrected chi connectivity index (χ1v) is 17.4. The molecule has 0 amide bonds. The highest BCUT2D eigenvalue weighted by atomic mass is 35.5. The fourth-order valence-corrected chi connectivity index (χ4v) is 7.69. The lowest BCUT2D eigenvalue weighted by Crippen LogP contribution is -2.52. The number of rotatable bonds is 13. The minimum Gasteiger partial charge on any atom is -0.545 e. The van der Waals surface area contributed by atoms with Gasteiger partial charge >= 0.3 is 5.97 Å². The zero-order valence-electron chi connectivity index (χ0n) is 28.1. The number of carboxylic acids is 1. The van der Waals surface area contributed by atoms with E-state index in [4.69, 9.17) is 37.4 Å². The first kappa shape index (κ1) is 36.4. The summed E-state index contributed by atoms with van der Waals surface area (Å²) in [4.78, 5) is 28.6. The lowest BCUT2D eigenvalue weighted by Gasteiger charge is -2.44. The van der Waals surface area contributed by atoms with Gasteiger partial charge in [-0.15, -0.1) is 0 Å². The Morgan fingerprint density at radius 1 is 0.980 bits per heavy atom. The number of piperidine rings is 3. The molecule has 3 fully saturated rings. The summed E-state index contributed by atoms with van der Waals surface area (Å²) in [5.74, 6) is -1.74. The van der Waals surface area contributed by atoms with Crippen LogP contribution in [0.5, 0.6) is 11.5 Å². The fraction of sp³-hybridized carbons (Fsp3) is 0.342. The van der Waals surface area contributed by atoms with Gasteiger partial charge < -0.3 is 24.1 Å². The number of esters is 1. The molecular weight excluding hydrogens is 700 g/mol. The molecule has 0 saturated carbocycles. The molecule has 2 N–H and O–H groups in total. The van der Waals surface area contributed by atoms with Gasteiger partial charge in [0.2, 0.25) is 12.4 Å². The van der Waals surface area contributed by atoms with Gasteiger partial charge in [-0.1, -0.05) is 59.6 Å². The number of ether oxygens (including phenoxy) is 3. The van der Waals surface area contributed by atoms with Crippen LogP contribution < -0.4 is 24.6 Å². The van der Waals surface area contributed by atoms with Crippen LogP contribution in [0.1, 0.15) is 63.0 Å². The topological polar surface area (TPSA) is 124 Å². The standard InChI is InChI=1S/C38H38Cl2FN3O7/c1-49-33-10-6-25(16-34(33)50-2)28(17-30-31(39)19-44(48)20-32(30)40)29-15-22(3-9-27(29)37(45)46)18-42-36(24-4-7-26(41)8-5-24)38(47)51-35-21-43-13-11-23(35)12-14-43/h3-10,15-16,19-20,23,28,35-36,42H,11-14,17-18,21H2,1-2H3,(H-,45,46,48)/t28-,35-,36?/m0/s1. The number of benzene rings is 3. The maximum absolute atomic E-state index is 13.9. The molecule has 1 unspecified atom stereocenters. The molecule has 0 spiro atoms. The van der Waals surface area contributed by atoms with Crippen molar-refractivity contribution >= 4 is 35.1 Å². The molecule has 1 aromatic heterocycles. The predicted octanol–water partition coefficient (Wildman–Crippen LogP) is 4.88. The van der Waals surface area contributed by atoms with Crippen molar-refractivity contribution in [3.63, 3.8) is 0 Å². The summed E-state index contributed by atoms with van der Waals surface area (Å²) in [5, 5.41) is 26.2. The molecule has 4 aromatic rings. The van der Waals surface area contributed by atoms with Crippen LogP contribution in [0, 0.1) is 11.7 Å². The van der Waals surface area contributed by atoms with E-state index in [0.29, 0.717) is 51.8 Å². The molecule has 3 aliphatic rings. The van der Waals surface area contributed by atoms with E-state index in [1.807, 2.05) is 0 Å². The van der Waals surface area contributed by atoms with Crippen LogP contribution in [0.25, 0.3) is 0 Å². The van der Waals surface area contributed by atoms with E-state index < -0.39 is 29.7 Å². The van der Waals surface area contributed by atoms with E-state index >= 15 is 0 Å². The van der Waals surface area contributed by atoms with Crippen molar-refractivity contribution < 1.29 is 43.2 Å². The van der Waals surface area contributed by atoms with Crippen molar-refractivity contribution in [3.05, 3.63) is 122 Å². The molecule has 2 bridgehead atoms. The molecule has 3 aromatic carbocycles. The highest BCUT2D eigenvalue weighted by Gasteiger charge is 2.38. The van der Waals surface area contributed by atoms with Gasteiger partial charge in [-0.2, -0.15) is 0 Å². The van der Waals surface area contributed by atoms with Crippen molar-refractivity contribution in [2.24, 2.45) is 5.92 Å². The number of nitrogens with zero attached hydrogens (tertiary/aromatic N) is 2. The van der Waals surface area contributed by atoms with Gasteiger partial charge in [-0.25, -0.2) is 9.18 Å². The smallest absolute Gasteiger partial charge is 0.328 e. The maximum atomic E-state index is 13.9. The third-order valence-electron chi connectivity index (χ3n) is 9.81. The second-order valence-electron chi connectivity index (χ2n) is 12.9. The van der Waals surface area contributed by atoms with Crippen molar-refractivity contribution in [2.45, 2.75) is 43.9 Å². The third-order valence-corrected chi connectivity index (χ3v) is 10.5. The van der Waals surface area contributed by atoms with E-state index in [1.54, 1.807) is 42.5 Å². The quantitative estimate of drug-likeness (QED) is 0.112. The maximum Gasteiger partial charge on any atom is 0.328 e. The largest absolute Gasteiger partial charge is 0.545 e. The zero-order valence-corrected chi connectivity index (χ0v) is 29.6.